The second-order valence-electron chi connectivity index (χ2n) is 5.87. The Bertz CT molecular complexity index is 574. The topological polar surface area (TPSA) is 79.5 Å². The smallest absolute Gasteiger partial charge is 0.319 e. The Morgan fingerprint density at radius 1 is 1.33 bits per heavy atom. The first kappa shape index (κ1) is 18.5. The normalized spacial score (nSPS) is 17.2. The summed E-state index contributed by atoms with van der Waals surface area (Å²) in [5, 5.41) is 8.69. The van der Waals surface area contributed by atoms with Crippen LogP contribution >= 0.6 is 11.6 Å². The van der Waals surface area contributed by atoms with Gasteiger partial charge in [-0.1, -0.05) is 18.5 Å². The number of hydrogen-bond acceptors (Lipinski definition) is 3. The minimum atomic E-state index is -0.303. The van der Waals surface area contributed by atoms with Gasteiger partial charge in [-0.15, -0.1) is 0 Å². The van der Waals surface area contributed by atoms with Crippen LogP contribution in [0.5, 0.6) is 0 Å². The predicted molar refractivity (Wildman–Crippen MR) is 94.6 cm³/mol. The van der Waals surface area contributed by atoms with E-state index in [0.29, 0.717) is 41.9 Å². The number of amides is 3. The predicted octanol–water partition coefficient (Wildman–Crippen LogP) is 3.03. The van der Waals surface area contributed by atoms with Gasteiger partial charge in [0, 0.05) is 25.4 Å². The van der Waals surface area contributed by atoms with Gasteiger partial charge in [-0.3, -0.25) is 4.79 Å². The standard InChI is InChI=1S/C17H24ClN3O3/c1-2-7-19-16(22)14-9-13(5-6-15(14)18)21-17(23)20-10-12-4-3-8-24-11-12/h5-6,9,12H,2-4,7-8,10-11H2,1H3,(H,19,22)(H2,20,21,23)/t12-/m0/s1. The SMILES string of the molecule is CCCNC(=O)c1cc(NC(=O)NC[C@@H]2CCCOC2)ccc1Cl. The Labute approximate surface area is 147 Å². The molecule has 0 spiro atoms. The molecule has 1 aromatic carbocycles. The Morgan fingerprint density at radius 3 is 2.88 bits per heavy atom. The summed E-state index contributed by atoms with van der Waals surface area (Å²) >= 11 is 6.07. The van der Waals surface area contributed by atoms with Crippen LogP contribution in [-0.4, -0.2) is 38.2 Å². The van der Waals surface area contributed by atoms with Gasteiger partial charge < -0.3 is 20.7 Å². The van der Waals surface area contributed by atoms with Gasteiger partial charge in [-0.25, -0.2) is 4.79 Å². The van der Waals surface area contributed by atoms with Crippen molar-refractivity contribution in [2.24, 2.45) is 5.92 Å². The number of carbonyl (C=O) groups is 2. The molecule has 1 aliphatic heterocycles. The van der Waals surface area contributed by atoms with Gasteiger partial charge in [0.2, 0.25) is 0 Å². The highest BCUT2D eigenvalue weighted by atomic mass is 35.5. The first-order valence-corrected chi connectivity index (χ1v) is 8.68. The summed E-state index contributed by atoms with van der Waals surface area (Å²) in [6.45, 7) is 4.61. The average Bonchev–Trinajstić information content (AvgIpc) is 2.60. The van der Waals surface area contributed by atoms with Crippen LogP contribution in [0.2, 0.25) is 5.02 Å². The van der Waals surface area contributed by atoms with E-state index in [2.05, 4.69) is 16.0 Å². The van der Waals surface area contributed by atoms with Gasteiger partial charge in [0.1, 0.15) is 0 Å². The molecule has 1 aliphatic rings. The maximum Gasteiger partial charge on any atom is 0.319 e. The summed E-state index contributed by atoms with van der Waals surface area (Å²) in [5.41, 5.74) is 0.877. The summed E-state index contributed by atoms with van der Waals surface area (Å²) in [4.78, 5) is 24.1. The molecule has 132 valence electrons. The number of benzene rings is 1. The molecule has 6 nitrogen and oxygen atoms in total. The van der Waals surface area contributed by atoms with Crippen molar-refractivity contribution < 1.29 is 14.3 Å². The zero-order valence-corrected chi connectivity index (χ0v) is 14.6. The quantitative estimate of drug-likeness (QED) is 0.735. The fourth-order valence-corrected chi connectivity index (χ4v) is 2.69. The molecule has 0 radical (unpaired) electrons. The molecule has 1 heterocycles. The zero-order chi connectivity index (χ0) is 17.4. The molecule has 0 bridgehead atoms. The minimum absolute atomic E-state index is 0.245. The van der Waals surface area contributed by atoms with E-state index in [1.807, 2.05) is 6.92 Å². The lowest BCUT2D eigenvalue weighted by molar-refractivity contribution is 0.0559. The maximum absolute atomic E-state index is 12.1. The number of anilines is 1. The Hall–Kier alpha value is -1.79. The largest absolute Gasteiger partial charge is 0.381 e. The van der Waals surface area contributed by atoms with Gasteiger partial charge in [0.25, 0.3) is 5.91 Å². The van der Waals surface area contributed by atoms with Crippen molar-refractivity contribution in [1.82, 2.24) is 10.6 Å². The summed E-state index contributed by atoms with van der Waals surface area (Å²) in [6.07, 6.45) is 2.93. The number of urea groups is 1. The van der Waals surface area contributed by atoms with Crippen LogP contribution < -0.4 is 16.0 Å². The number of rotatable bonds is 6. The van der Waals surface area contributed by atoms with Crippen LogP contribution in [0.25, 0.3) is 0 Å². The molecule has 3 N–H and O–H groups in total. The van der Waals surface area contributed by atoms with Crippen molar-refractivity contribution in [2.45, 2.75) is 26.2 Å². The number of hydrogen-bond donors (Lipinski definition) is 3. The molecule has 1 fully saturated rings. The number of ether oxygens (including phenoxy) is 1. The van der Waals surface area contributed by atoms with Crippen LogP contribution in [0.1, 0.15) is 36.5 Å². The van der Waals surface area contributed by atoms with Gasteiger partial charge in [0.15, 0.2) is 0 Å². The fourth-order valence-electron chi connectivity index (χ4n) is 2.49. The van der Waals surface area contributed by atoms with Crippen LogP contribution in [0.3, 0.4) is 0 Å². The number of nitrogens with one attached hydrogen (secondary N) is 3. The third-order valence-corrected chi connectivity index (χ3v) is 4.14. The van der Waals surface area contributed by atoms with E-state index < -0.39 is 0 Å². The molecule has 0 unspecified atom stereocenters. The highest BCUT2D eigenvalue weighted by Crippen LogP contribution is 2.20. The Kier molecular flexibility index (Phi) is 7.34. The van der Waals surface area contributed by atoms with Crippen molar-refractivity contribution >= 4 is 29.2 Å². The summed E-state index contributed by atoms with van der Waals surface area (Å²) in [6, 6.07) is 4.55. The van der Waals surface area contributed by atoms with Crippen LogP contribution in [0, 0.1) is 5.92 Å². The average molecular weight is 354 g/mol. The van der Waals surface area contributed by atoms with Crippen molar-refractivity contribution in [3.63, 3.8) is 0 Å². The molecular formula is C17H24ClN3O3. The third-order valence-electron chi connectivity index (χ3n) is 3.81. The van der Waals surface area contributed by atoms with Gasteiger partial charge >= 0.3 is 6.03 Å². The van der Waals surface area contributed by atoms with Crippen LogP contribution in [0.15, 0.2) is 18.2 Å². The second kappa shape index (κ2) is 9.49. The van der Waals surface area contributed by atoms with E-state index in [9.17, 15) is 9.59 Å². The van der Waals surface area contributed by atoms with Crippen molar-refractivity contribution in [1.29, 1.82) is 0 Å². The number of carbonyl (C=O) groups excluding carboxylic acids is 2. The summed E-state index contributed by atoms with van der Waals surface area (Å²) < 4.78 is 5.39. The van der Waals surface area contributed by atoms with E-state index in [0.717, 1.165) is 25.9 Å². The molecule has 1 aromatic rings. The van der Waals surface area contributed by atoms with Gasteiger partial charge in [0.05, 0.1) is 17.2 Å². The van der Waals surface area contributed by atoms with E-state index in [1.54, 1.807) is 18.2 Å². The van der Waals surface area contributed by atoms with Crippen molar-refractivity contribution in [3.05, 3.63) is 28.8 Å². The summed E-state index contributed by atoms with van der Waals surface area (Å²) in [5.74, 6) is 0.107. The molecule has 0 saturated carbocycles. The lowest BCUT2D eigenvalue weighted by Crippen LogP contribution is -2.36. The highest BCUT2D eigenvalue weighted by molar-refractivity contribution is 6.34. The first-order valence-electron chi connectivity index (χ1n) is 8.30. The molecule has 2 rings (SSSR count). The summed E-state index contributed by atoms with van der Waals surface area (Å²) in [7, 11) is 0. The molecule has 3 amide bonds. The first-order chi connectivity index (χ1) is 11.6. The van der Waals surface area contributed by atoms with Gasteiger partial charge in [-0.2, -0.15) is 0 Å². The van der Waals surface area contributed by atoms with Gasteiger partial charge in [-0.05, 0) is 43.4 Å². The van der Waals surface area contributed by atoms with E-state index in [4.69, 9.17) is 16.3 Å². The van der Waals surface area contributed by atoms with E-state index in [-0.39, 0.29) is 11.9 Å². The fraction of sp³-hybridized carbons (Fsp3) is 0.529. The lowest BCUT2D eigenvalue weighted by Gasteiger charge is -2.22. The van der Waals surface area contributed by atoms with E-state index >= 15 is 0 Å². The highest BCUT2D eigenvalue weighted by Gasteiger charge is 2.15. The molecule has 0 aliphatic carbocycles. The Morgan fingerprint density at radius 2 is 2.17 bits per heavy atom. The van der Waals surface area contributed by atoms with Crippen LogP contribution in [-0.2, 0) is 4.74 Å². The molecule has 0 aromatic heterocycles. The van der Waals surface area contributed by atoms with E-state index in [1.165, 1.54) is 0 Å². The maximum atomic E-state index is 12.1. The minimum Gasteiger partial charge on any atom is -0.381 e. The molecule has 24 heavy (non-hydrogen) atoms. The van der Waals surface area contributed by atoms with Crippen LogP contribution in [0.4, 0.5) is 10.5 Å². The molecule has 7 heteroatoms. The third kappa shape index (κ3) is 5.69. The molecular weight excluding hydrogens is 330 g/mol. The second-order valence-corrected chi connectivity index (χ2v) is 6.28. The lowest BCUT2D eigenvalue weighted by atomic mass is 10.0. The molecule has 1 saturated heterocycles. The molecule has 1 atom stereocenters. The van der Waals surface area contributed by atoms with Crippen molar-refractivity contribution in [3.8, 4) is 0 Å². The number of halogens is 1. The monoisotopic (exact) mass is 353 g/mol. The Balaban J connectivity index is 1.89. The zero-order valence-electron chi connectivity index (χ0n) is 13.9. The van der Waals surface area contributed by atoms with Crippen molar-refractivity contribution in [2.75, 3.05) is 31.6 Å².